The van der Waals surface area contributed by atoms with E-state index in [2.05, 4.69) is 5.32 Å². The van der Waals surface area contributed by atoms with Crippen molar-refractivity contribution in [3.8, 4) is 0 Å². The first-order chi connectivity index (χ1) is 9.90. The molecule has 0 amide bonds. The molecule has 3 nitrogen and oxygen atoms in total. The van der Waals surface area contributed by atoms with Crippen molar-refractivity contribution in [3.63, 3.8) is 0 Å². The molecule has 0 radical (unpaired) electrons. The lowest BCUT2D eigenvalue weighted by Crippen LogP contribution is -2.07. The summed E-state index contributed by atoms with van der Waals surface area (Å²) in [6.45, 7) is 3.80. The highest BCUT2D eigenvalue weighted by molar-refractivity contribution is 6.34. The molecule has 0 fully saturated rings. The van der Waals surface area contributed by atoms with Gasteiger partial charge in [0.05, 0.1) is 10.7 Å². The molecular formula is C16H15ClFNO2. The molecular weight excluding hydrogens is 293 g/mol. The summed E-state index contributed by atoms with van der Waals surface area (Å²) in [5.41, 5.74) is 2.49. The zero-order valence-corrected chi connectivity index (χ0v) is 12.5. The van der Waals surface area contributed by atoms with Crippen molar-refractivity contribution in [1.29, 1.82) is 0 Å². The summed E-state index contributed by atoms with van der Waals surface area (Å²) < 4.78 is 13.6. The number of carbonyl (C=O) groups is 1. The molecule has 0 spiro atoms. The first kappa shape index (κ1) is 15.3. The lowest BCUT2D eigenvalue weighted by Gasteiger charge is -2.12. The van der Waals surface area contributed by atoms with Gasteiger partial charge in [-0.05, 0) is 42.7 Å². The molecule has 0 atom stereocenters. The number of carboxylic acids is 1. The Morgan fingerprint density at radius 3 is 2.48 bits per heavy atom. The van der Waals surface area contributed by atoms with E-state index in [1.807, 2.05) is 0 Å². The van der Waals surface area contributed by atoms with Gasteiger partial charge in [0.2, 0.25) is 0 Å². The molecule has 0 unspecified atom stereocenters. The zero-order chi connectivity index (χ0) is 15.6. The summed E-state index contributed by atoms with van der Waals surface area (Å²) in [6.07, 6.45) is 0. The van der Waals surface area contributed by atoms with E-state index >= 15 is 0 Å². The average Bonchev–Trinajstić information content (AvgIpc) is 2.41. The van der Waals surface area contributed by atoms with Gasteiger partial charge in [-0.3, -0.25) is 0 Å². The number of rotatable bonds is 4. The van der Waals surface area contributed by atoms with Gasteiger partial charge in [0, 0.05) is 6.54 Å². The smallest absolute Gasteiger partial charge is 0.339 e. The number of aromatic carboxylic acids is 1. The predicted octanol–water partition coefficient (Wildman–Crippen LogP) is 4.41. The first-order valence-electron chi connectivity index (χ1n) is 6.41. The number of halogens is 2. The van der Waals surface area contributed by atoms with Gasteiger partial charge < -0.3 is 10.4 Å². The Hall–Kier alpha value is -2.07. The topological polar surface area (TPSA) is 49.3 Å². The molecule has 110 valence electrons. The Morgan fingerprint density at radius 1 is 1.29 bits per heavy atom. The van der Waals surface area contributed by atoms with Gasteiger partial charge in [-0.15, -0.1) is 0 Å². The third-order valence-electron chi connectivity index (χ3n) is 3.21. The molecule has 2 aromatic carbocycles. The van der Waals surface area contributed by atoms with E-state index in [9.17, 15) is 14.3 Å². The van der Waals surface area contributed by atoms with Crippen LogP contribution in [0.1, 0.15) is 27.0 Å². The number of anilines is 1. The molecule has 2 aromatic rings. The van der Waals surface area contributed by atoms with Crippen LogP contribution in [0.2, 0.25) is 5.02 Å². The minimum atomic E-state index is -1.09. The van der Waals surface area contributed by atoms with E-state index < -0.39 is 5.97 Å². The van der Waals surface area contributed by atoms with Crippen LogP contribution in [0.15, 0.2) is 30.3 Å². The molecule has 0 aliphatic rings. The Morgan fingerprint density at radius 2 is 1.90 bits per heavy atom. The molecule has 5 heteroatoms. The monoisotopic (exact) mass is 307 g/mol. The summed E-state index contributed by atoms with van der Waals surface area (Å²) in [7, 11) is 0. The summed E-state index contributed by atoms with van der Waals surface area (Å²) in [6, 6.07) is 8.33. The van der Waals surface area contributed by atoms with Crippen molar-refractivity contribution in [2.45, 2.75) is 20.4 Å². The van der Waals surface area contributed by atoms with Gasteiger partial charge in [0.25, 0.3) is 0 Å². The average molecular weight is 308 g/mol. The number of aryl methyl sites for hydroxylation is 2. The Kier molecular flexibility index (Phi) is 4.48. The third kappa shape index (κ3) is 3.34. The van der Waals surface area contributed by atoms with Crippen LogP contribution in [-0.4, -0.2) is 11.1 Å². The minimum absolute atomic E-state index is 0.0368. The van der Waals surface area contributed by atoms with E-state index in [1.165, 1.54) is 6.07 Å². The van der Waals surface area contributed by atoms with Gasteiger partial charge in [-0.1, -0.05) is 29.8 Å². The second-order valence-electron chi connectivity index (χ2n) is 4.86. The fourth-order valence-corrected chi connectivity index (χ4v) is 2.48. The van der Waals surface area contributed by atoms with Crippen LogP contribution in [0, 0.1) is 19.7 Å². The Balaban J connectivity index is 2.25. The fraction of sp³-hybridized carbons (Fsp3) is 0.188. The SMILES string of the molecule is Cc1cc(CNc2cccc(Cl)c2C(=O)O)cc(C)c1F. The molecule has 2 rings (SSSR count). The maximum atomic E-state index is 13.6. The highest BCUT2D eigenvalue weighted by Gasteiger charge is 2.14. The molecule has 0 aromatic heterocycles. The number of carboxylic acid groups (broad SMARTS) is 1. The standard InChI is InChI=1S/C16H15ClFNO2/c1-9-6-11(7-10(2)15(9)18)8-19-13-5-3-4-12(17)14(13)16(20)21/h3-7,19H,8H2,1-2H3,(H,20,21). The highest BCUT2D eigenvalue weighted by Crippen LogP contribution is 2.25. The fourth-order valence-electron chi connectivity index (χ4n) is 2.22. The van der Waals surface area contributed by atoms with Gasteiger partial charge in [0.1, 0.15) is 11.4 Å². The summed E-state index contributed by atoms with van der Waals surface area (Å²) in [5.74, 6) is -1.30. The maximum Gasteiger partial charge on any atom is 0.339 e. The summed E-state index contributed by atoms with van der Waals surface area (Å²) >= 11 is 5.91. The summed E-state index contributed by atoms with van der Waals surface area (Å²) in [5, 5.41) is 12.4. The molecule has 0 bridgehead atoms. The van der Waals surface area contributed by atoms with Crippen LogP contribution in [0.3, 0.4) is 0 Å². The lowest BCUT2D eigenvalue weighted by atomic mass is 10.1. The van der Waals surface area contributed by atoms with Crippen LogP contribution in [0.5, 0.6) is 0 Å². The van der Waals surface area contributed by atoms with Crippen LogP contribution < -0.4 is 5.32 Å². The first-order valence-corrected chi connectivity index (χ1v) is 6.79. The van der Waals surface area contributed by atoms with Gasteiger partial charge >= 0.3 is 5.97 Å². The van der Waals surface area contributed by atoms with E-state index in [0.29, 0.717) is 23.4 Å². The quantitative estimate of drug-likeness (QED) is 0.880. The Bertz CT molecular complexity index is 678. The van der Waals surface area contributed by atoms with Crippen molar-refractivity contribution in [2.24, 2.45) is 0 Å². The van der Waals surface area contributed by atoms with Crippen LogP contribution in [-0.2, 0) is 6.54 Å². The van der Waals surface area contributed by atoms with Gasteiger partial charge in [-0.2, -0.15) is 0 Å². The van der Waals surface area contributed by atoms with Crippen molar-refractivity contribution in [3.05, 3.63) is 63.4 Å². The number of hydrogen-bond donors (Lipinski definition) is 2. The van der Waals surface area contributed by atoms with Crippen LogP contribution >= 0.6 is 11.6 Å². The highest BCUT2D eigenvalue weighted by atomic mass is 35.5. The predicted molar refractivity (Wildman–Crippen MR) is 81.6 cm³/mol. The molecule has 0 aliphatic heterocycles. The Labute approximate surface area is 127 Å². The normalized spacial score (nSPS) is 10.5. The van der Waals surface area contributed by atoms with Crippen molar-refractivity contribution < 1.29 is 14.3 Å². The van der Waals surface area contributed by atoms with E-state index in [1.54, 1.807) is 38.1 Å². The molecule has 0 saturated heterocycles. The van der Waals surface area contributed by atoms with Crippen molar-refractivity contribution >= 4 is 23.3 Å². The minimum Gasteiger partial charge on any atom is -0.478 e. The summed E-state index contributed by atoms with van der Waals surface area (Å²) in [4.78, 5) is 11.2. The van der Waals surface area contributed by atoms with Gasteiger partial charge in [-0.25, -0.2) is 9.18 Å². The van der Waals surface area contributed by atoms with Gasteiger partial charge in [0.15, 0.2) is 0 Å². The molecule has 2 N–H and O–H groups in total. The molecule has 0 aliphatic carbocycles. The van der Waals surface area contributed by atoms with Crippen LogP contribution in [0.4, 0.5) is 10.1 Å². The van der Waals surface area contributed by atoms with E-state index in [0.717, 1.165) is 5.56 Å². The molecule has 21 heavy (non-hydrogen) atoms. The number of hydrogen-bond acceptors (Lipinski definition) is 2. The second kappa shape index (κ2) is 6.14. The zero-order valence-electron chi connectivity index (χ0n) is 11.7. The van der Waals surface area contributed by atoms with Crippen molar-refractivity contribution in [1.82, 2.24) is 0 Å². The number of nitrogens with one attached hydrogen (secondary N) is 1. The van der Waals surface area contributed by atoms with Crippen LogP contribution in [0.25, 0.3) is 0 Å². The molecule has 0 heterocycles. The van der Waals surface area contributed by atoms with Crippen molar-refractivity contribution in [2.75, 3.05) is 5.32 Å². The second-order valence-corrected chi connectivity index (χ2v) is 5.27. The number of benzene rings is 2. The lowest BCUT2D eigenvalue weighted by molar-refractivity contribution is 0.0698. The third-order valence-corrected chi connectivity index (χ3v) is 3.52. The van der Waals surface area contributed by atoms with E-state index in [-0.39, 0.29) is 16.4 Å². The largest absolute Gasteiger partial charge is 0.478 e. The molecule has 0 saturated carbocycles. The maximum absolute atomic E-state index is 13.6. The van der Waals surface area contributed by atoms with E-state index in [4.69, 9.17) is 11.6 Å².